The molecule has 0 saturated heterocycles. The van der Waals surface area contributed by atoms with Crippen LogP contribution in [0.3, 0.4) is 0 Å². The topological polar surface area (TPSA) is 56.7 Å². The van der Waals surface area contributed by atoms with Crippen LogP contribution in [0.1, 0.15) is 0 Å². The number of thiophene rings is 2. The Hall–Kier alpha value is -8.23. The third-order valence-electron chi connectivity index (χ3n) is 13.4. The van der Waals surface area contributed by atoms with E-state index in [-0.39, 0.29) is 0 Å². The van der Waals surface area contributed by atoms with E-state index in [1.54, 1.807) is 22.7 Å². The number of rotatable bonds is 4. The molecule has 0 unspecified atom stereocenters. The molecule has 0 aliphatic heterocycles. The number of fused-ring (bicyclic) bond motifs is 14. The summed E-state index contributed by atoms with van der Waals surface area (Å²) in [5.41, 5.74) is 7.58. The fourth-order valence-corrected chi connectivity index (χ4v) is 12.7. The Bertz CT molecular complexity index is 4330. The van der Waals surface area contributed by atoms with Crippen LogP contribution in [-0.2, 0) is 0 Å². The van der Waals surface area contributed by atoms with Gasteiger partial charge in [-0.2, -0.15) is 0 Å². The molecule has 66 heavy (non-hydrogen) atoms. The fourth-order valence-electron chi connectivity index (χ4n) is 10.5. The Kier molecular flexibility index (Phi) is 7.47. The first-order chi connectivity index (χ1) is 32.7. The van der Waals surface area contributed by atoms with E-state index in [0.717, 1.165) is 66.1 Å². The monoisotopic (exact) mass is 876 g/mol. The van der Waals surface area contributed by atoms with Crippen LogP contribution < -0.4 is 0 Å². The number of nitrogens with zero attached hydrogens (tertiary/aromatic N) is 4. The van der Waals surface area contributed by atoms with Crippen LogP contribution in [0.4, 0.5) is 0 Å². The fraction of sp³-hybridized carbons (Fsp3) is 0. The van der Waals surface area contributed by atoms with Gasteiger partial charge in [-0.3, -0.25) is 0 Å². The van der Waals surface area contributed by atoms with Crippen LogP contribution in [0, 0.1) is 0 Å². The van der Waals surface area contributed by atoms with Gasteiger partial charge >= 0.3 is 0 Å². The Balaban J connectivity index is 1.05. The molecular formula is C59H32N4OS2. The van der Waals surface area contributed by atoms with E-state index in [9.17, 15) is 0 Å². The van der Waals surface area contributed by atoms with E-state index in [4.69, 9.17) is 19.4 Å². The predicted molar refractivity (Wildman–Crippen MR) is 279 cm³/mol. The number of hydrogen-bond donors (Lipinski definition) is 0. The molecule has 15 aromatic rings. The highest BCUT2D eigenvalue weighted by molar-refractivity contribution is 7.26. The average Bonchev–Trinajstić information content (AvgIpc) is 4.14. The Morgan fingerprint density at radius 2 is 0.803 bits per heavy atom. The zero-order valence-corrected chi connectivity index (χ0v) is 36.6. The van der Waals surface area contributed by atoms with E-state index in [0.29, 0.717) is 17.5 Å². The molecule has 0 aliphatic rings. The Morgan fingerprint density at radius 3 is 1.36 bits per heavy atom. The van der Waals surface area contributed by atoms with Crippen molar-refractivity contribution in [3.8, 4) is 39.9 Å². The molecule has 0 atom stereocenters. The number of para-hydroxylation sites is 1. The van der Waals surface area contributed by atoms with Crippen molar-refractivity contribution in [1.82, 2.24) is 19.5 Å². The molecule has 5 aromatic heterocycles. The third-order valence-corrected chi connectivity index (χ3v) is 15.7. The lowest BCUT2D eigenvalue weighted by Gasteiger charge is -2.14. The normalized spacial score (nSPS) is 12.2. The number of furan rings is 1. The summed E-state index contributed by atoms with van der Waals surface area (Å²) in [5.74, 6) is 1.79. The first kappa shape index (κ1) is 36.1. The van der Waals surface area contributed by atoms with Gasteiger partial charge in [0.25, 0.3) is 0 Å². The van der Waals surface area contributed by atoms with Crippen molar-refractivity contribution in [2.45, 2.75) is 0 Å². The van der Waals surface area contributed by atoms with Crippen LogP contribution in [0.5, 0.6) is 0 Å². The van der Waals surface area contributed by atoms with Gasteiger partial charge in [0.15, 0.2) is 17.5 Å². The maximum absolute atomic E-state index is 7.05. The molecule has 0 aliphatic carbocycles. The quantitative estimate of drug-likeness (QED) is 0.177. The molecule has 15 rings (SSSR count). The van der Waals surface area contributed by atoms with Crippen LogP contribution in [0.25, 0.3) is 145 Å². The maximum atomic E-state index is 7.05. The first-order valence-electron chi connectivity index (χ1n) is 22.1. The molecule has 5 nitrogen and oxygen atoms in total. The van der Waals surface area contributed by atoms with Crippen molar-refractivity contribution in [2.75, 3.05) is 0 Å². The highest BCUT2D eigenvalue weighted by Gasteiger charge is 2.25. The Labute approximate surface area is 384 Å². The molecule has 0 saturated carbocycles. The van der Waals surface area contributed by atoms with Crippen molar-refractivity contribution >= 4 is 128 Å². The largest absolute Gasteiger partial charge is 0.455 e. The summed E-state index contributed by atoms with van der Waals surface area (Å²) in [5, 5.41) is 13.9. The molecule has 5 heterocycles. The van der Waals surface area contributed by atoms with Crippen LogP contribution in [0.15, 0.2) is 199 Å². The van der Waals surface area contributed by atoms with Crippen molar-refractivity contribution < 1.29 is 4.42 Å². The minimum absolute atomic E-state index is 0.554. The summed E-state index contributed by atoms with van der Waals surface area (Å²) in [6.45, 7) is 0. The third kappa shape index (κ3) is 5.18. The van der Waals surface area contributed by atoms with Crippen molar-refractivity contribution in [2.24, 2.45) is 0 Å². The smallest absolute Gasteiger partial charge is 0.167 e. The summed E-state index contributed by atoms with van der Waals surface area (Å²) >= 11 is 3.59. The van der Waals surface area contributed by atoms with Gasteiger partial charge in [-0.15, -0.1) is 22.7 Å². The van der Waals surface area contributed by atoms with Gasteiger partial charge in [-0.25, -0.2) is 15.0 Å². The second-order valence-corrected chi connectivity index (χ2v) is 19.2. The molecule has 0 N–H and O–H groups in total. The number of aromatic nitrogens is 4. The van der Waals surface area contributed by atoms with Gasteiger partial charge in [-0.05, 0) is 88.3 Å². The zero-order chi connectivity index (χ0) is 43.0. The van der Waals surface area contributed by atoms with Crippen LogP contribution in [-0.4, -0.2) is 19.5 Å². The summed E-state index contributed by atoms with van der Waals surface area (Å²) in [6.07, 6.45) is 0. The minimum Gasteiger partial charge on any atom is -0.455 e. The number of hydrogen-bond acceptors (Lipinski definition) is 6. The molecular weight excluding hydrogens is 845 g/mol. The maximum Gasteiger partial charge on any atom is 0.167 e. The molecule has 10 aromatic carbocycles. The second kappa shape index (κ2) is 13.6. The van der Waals surface area contributed by atoms with Crippen molar-refractivity contribution in [1.29, 1.82) is 0 Å². The summed E-state index contributed by atoms with van der Waals surface area (Å²) in [7, 11) is 0. The molecule has 0 bridgehead atoms. The first-order valence-corrected chi connectivity index (χ1v) is 23.7. The average molecular weight is 877 g/mol. The second-order valence-electron chi connectivity index (χ2n) is 17.1. The van der Waals surface area contributed by atoms with Crippen LogP contribution >= 0.6 is 22.7 Å². The van der Waals surface area contributed by atoms with Gasteiger partial charge in [0.1, 0.15) is 11.2 Å². The SMILES string of the molecule is c1ccc2cc3c(cc2c1)c1cc2ccccc2cc1n3-c1ccc(-c2nc(-c3cccc4sc5ccccc5c34)nc(-c3cccc4sc5ccccc5c34)n2)c2oc3ccccc3c12. The lowest BCUT2D eigenvalue weighted by molar-refractivity contribution is 0.669. The highest BCUT2D eigenvalue weighted by Crippen LogP contribution is 2.46. The predicted octanol–water partition coefficient (Wildman–Crippen LogP) is 16.9. The lowest BCUT2D eigenvalue weighted by Crippen LogP contribution is -2.02. The molecule has 0 radical (unpaired) electrons. The van der Waals surface area contributed by atoms with Gasteiger partial charge in [0, 0.05) is 67.6 Å². The van der Waals surface area contributed by atoms with E-state index in [1.807, 2.05) is 6.07 Å². The van der Waals surface area contributed by atoms with Crippen LogP contribution in [0.2, 0.25) is 0 Å². The molecule has 0 fully saturated rings. The summed E-state index contributed by atoms with van der Waals surface area (Å²) in [4.78, 5) is 16.4. The van der Waals surface area contributed by atoms with E-state index in [2.05, 4.69) is 193 Å². The van der Waals surface area contributed by atoms with Gasteiger partial charge in [0.05, 0.1) is 27.7 Å². The van der Waals surface area contributed by atoms with Gasteiger partial charge in [-0.1, -0.05) is 127 Å². The lowest BCUT2D eigenvalue weighted by atomic mass is 10.0. The summed E-state index contributed by atoms with van der Waals surface area (Å²) < 4.78 is 14.3. The van der Waals surface area contributed by atoms with E-state index < -0.39 is 0 Å². The van der Waals surface area contributed by atoms with Crippen molar-refractivity contribution in [3.05, 3.63) is 194 Å². The standard InChI is InChI=1S/C59H32N4OS2/c1-3-15-35-31-46-43(29-33(35)13-1)44-30-34-14-2-4-16-36(34)32-47(44)63(46)45-28-27-42(56-55(45)37-17-5-8-22-48(37)64-56)59-61-57(40-20-11-25-51-53(40)38-18-6-9-23-49(38)65-51)60-58(62-59)41-21-12-26-52-54(41)39-19-7-10-24-50(39)66-52/h1-32H. The number of benzene rings is 10. The van der Waals surface area contributed by atoms with E-state index >= 15 is 0 Å². The highest BCUT2D eigenvalue weighted by atomic mass is 32.1. The molecule has 7 heteroatoms. The zero-order valence-electron chi connectivity index (χ0n) is 35.0. The van der Waals surface area contributed by atoms with E-state index in [1.165, 1.54) is 61.9 Å². The molecule has 0 amide bonds. The van der Waals surface area contributed by atoms with Gasteiger partial charge in [0.2, 0.25) is 0 Å². The minimum atomic E-state index is 0.554. The Morgan fingerprint density at radius 1 is 0.348 bits per heavy atom. The summed E-state index contributed by atoms with van der Waals surface area (Å²) in [6, 6.07) is 69.6. The van der Waals surface area contributed by atoms with Crippen molar-refractivity contribution in [3.63, 3.8) is 0 Å². The molecule has 0 spiro atoms. The van der Waals surface area contributed by atoms with Gasteiger partial charge < -0.3 is 8.98 Å². The molecule has 306 valence electrons.